The highest BCUT2D eigenvalue weighted by Crippen LogP contribution is 2.24. The van der Waals surface area contributed by atoms with Gasteiger partial charge in [0.05, 0.1) is 12.2 Å². The largest absolute Gasteiger partial charge is 0.348 e. The number of nitrogens with zero attached hydrogens (tertiary/aromatic N) is 2. The predicted octanol–water partition coefficient (Wildman–Crippen LogP) is 4.17. The van der Waals surface area contributed by atoms with Crippen molar-refractivity contribution in [3.8, 4) is 0 Å². The van der Waals surface area contributed by atoms with Crippen LogP contribution in [-0.4, -0.2) is 30.3 Å². The Labute approximate surface area is 161 Å². The van der Waals surface area contributed by atoms with E-state index in [2.05, 4.69) is 5.32 Å². The molecule has 0 unspecified atom stereocenters. The van der Waals surface area contributed by atoms with Gasteiger partial charge in [0, 0.05) is 28.7 Å². The number of likely N-dealkylation sites (N-methyl/N-ethyl adjacent to an activating group) is 1. The molecule has 0 bridgehead atoms. The molecule has 0 aliphatic carbocycles. The predicted molar refractivity (Wildman–Crippen MR) is 103 cm³/mol. The number of nitrogens with one attached hydrogen (secondary N) is 1. The van der Waals surface area contributed by atoms with Gasteiger partial charge in [-0.2, -0.15) is 4.28 Å². The zero-order valence-corrected chi connectivity index (χ0v) is 15.9. The number of benzene rings is 2. The minimum Gasteiger partial charge on any atom is -0.348 e. The Bertz CT molecular complexity index is 750. The van der Waals surface area contributed by atoms with E-state index in [1.165, 1.54) is 12.2 Å². The van der Waals surface area contributed by atoms with Crippen molar-refractivity contribution in [2.45, 2.75) is 6.54 Å². The SMILES string of the molecule is CN1CCN(c2ccc(C(=O)NCc3ccc(Cl)cc3Cl)cc2)OS1. The van der Waals surface area contributed by atoms with E-state index in [4.69, 9.17) is 27.5 Å². The van der Waals surface area contributed by atoms with Gasteiger partial charge in [-0.05, 0) is 49.0 Å². The Morgan fingerprint density at radius 1 is 1.20 bits per heavy atom. The van der Waals surface area contributed by atoms with Crippen LogP contribution in [0.2, 0.25) is 10.0 Å². The Hall–Kier alpha value is -1.44. The molecule has 1 N–H and O–H groups in total. The molecule has 0 atom stereocenters. The molecule has 25 heavy (non-hydrogen) atoms. The Kier molecular flexibility index (Phi) is 6.09. The summed E-state index contributed by atoms with van der Waals surface area (Å²) in [6, 6.07) is 12.5. The van der Waals surface area contributed by atoms with Gasteiger partial charge in [-0.3, -0.25) is 4.79 Å². The van der Waals surface area contributed by atoms with Crippen molar-refractivity contribution in [1.82, 2.24) is 9.62 Å². The number of anilines is 1. The summed E-state index contributed by atoms with van der Waals surface area (Å²) in [7, 11) is 1.97. The Balaban J connectivity index is 1.59. The maximum atomic E-state index is 12.3. The van der Waals surface area contributed by atoms with Crippen LogP contribution < -0.4 is 10.4 Å². The summed E-state index contributed by atoms with van der Waals surface area (Å²) in [5.74, 6) is -0.161. The van der Waals surface area contributed by atoms with Crippen molar-refractivity contribution in [2.75, 3.05) is 25.2 Å². The fourth-order valence-corrected chi connectivity index (χ4v) is 3.28. The van der Waals surface area contributed by atoms with Crippen LogP contribution in [0.25, 0.3) is 0 Å². The molecule has 2 aromatic carbocycles. The van der Waals surface area contributed by atoms with Gasteiger partial charge in [0.1, 0.15) is 12.2 Å². The zero-order chi connectivity index (χ0) is 17.8. The van der Waals surface area contributed by atoms with Crippen molar-refractivity contribution in [3.63, 3.8) is 0 Å². The molecular formula is C17H17Cl2N3O2S. The van der Waals surface area contributed by atoms with Gasteiger partial charge < -0.3 is 5.32 Å². The first kappa shape index (κ1) is 18.4. The van der Waals surface area contributed by atoms with E-state index in [-0.39, 0.29) is 5.91 Å². The molecule has 1 aliphatic rings. The smallest absolute Gasteiger partial charge is 0.251 e. The van der Waals surface area contributed by atoms with E-state index >= 15 is 0 Å². The molecule has 1 amide bonds. The second-order valence-corrected chi connectivity index (χ2v) is 7.33. The lowest BCUT2D eigenvalue weighted by atomic mass is 10.1. The molecule has 132 valence electrons. The van der Waals surface area contributed by atoms with Crippen LogP contribution in [0.4, 0.5) is 5.69 Å². The van der Waals surface area contributed by atoms with Crippen molar-refractivity contribution < 1.29 is 9.08 Å². The maximum absolute atomic E-state index is 12.3. The first-order valence-corrected chi connectivity index (χ1v) is 9.14. The summed E-state index contributed by atoms with van der Waals surface area (Å²) in [5.41, 5.74) is 2.31. The molecule has 0 spiro atoms. The van der Waals surface area contributed by atoms with E-state index in [9.17, 15) is 4.79 Å². The molecule has 3 rings (SSSR count). The highest BCUT2D eigenvalue weighted by Gasteiger charge is 2.17. The van der Waals surface area contributed by atoms with Crippen LogP contribution >= 0.6 is 35.4 Å². The number of carbonyl (C=O) groups is 1. The van der Waals surface area contributed by atoms with E-state index in [0.717, 1.165) is 24.3 Å². The lowest BCUT2D eigenvalue weighted by Gasteiger charge is -2.30. The quantitative estimate of drug-likeness (QED) is 0.619. The monoisotopic (exact) mass is 397 g/mol. The molecular weight excluding hydrogens is 381 g/mol. The molecule has 0 saturated carbocycles. The lowest BCUT2D eigenvalue weighted by Crippen LogP contribution is -2.35. The van der Waals surface area contributed by atoms with E-state index < -0.39 is 0 Å². The summed E-state index contributed by atoms with van der Waals surface area (Å²) < 4.78 is 7.57. The van der Waals surface area contributed by atoms with E-state index in [0.29, 0.717) is 22.2 Å². The van der Waals surface area contributed by atoms with Gasteiger partial charge in [-0.25, -0.2) is 9.37 Å². The van der Waals surface area contributed by atoms with E-state index in [1.54, 1.807) is 35.4 Å². The molecule has 2 aromatic rings. The number of rotatable bonds is 4. The number of carbonyl (C=O) groups excluding carboxylic acids is 1. The summed E-state index contributed by atoms with van der Waals surface area (Å²) >= 11 is 13.3. The Morgan fingerprint density at radius 3 is 2.60 bits per heavy atom. The number of halogens is 2. The molecule has 8 heteroatoms. The van der Waals surface area contributed by atoms with Crippen LogP contribution in [0, 0.1) is 0 Å². The number of hydrogen-bond donors (Lipinski definition) is 1. The minimum atomic E-state index is -0.161. The van der Waals surface area contributed by atoms with Crippen molar-refractivity contribution in [3.05, 3.63) is 63.6 Å². The molecule has 1 saturated heterocycles. The highest BCUT2D eigenvalue weighted by atomic mass is 35.5. The molecule has 1 heterocycles. The van der Waals surface area contributed by atoms with E-state index in [1.807, 2.05) is 23.5 Å². The number of amides is 1. The van der Waals surface area contributed by atoms with Crippen LogP contribution in [0.15, 0.2) is 42.5 Å². The van der Waals surface area contributed by atoms with Gasteiger partial charge in [0.15, 0.2) is 0 Å². The fraction of sp³-hybridized carbons (Fsp3) is 0.235. The van der Waals surface area contributed by atoms with Gasteiger partial charge in [0.25, 0.3) is 5.91 Å². The number of hydroxylamine groups is 1. The summed E-state index contributed by atoms with van der Waals surface area (Å²) in [6.07, 6.45) is 0. The number of hydrogen-bond acceptors (Lipinski definition) is 5. The standard InChI is InChI=1S/C17H17Cl2N3O2S/c1-21-8-9-22(24-25-21)15-6-3-12(4-7-15)17(23)20-11-13-2-5-14(18)10-16(13)19/h2-7,10H,8-9,11H2,1H3,(H,20,23). The van der Waals surface area contributed by atoms with Crippen molar-refractivity contribution in [2.24, 2.45) is 0 Å². The average molecular weight is 398 g/mol. The maximum Gasteiger partial charge on any atom is 0.251 e. The zero-order valence-electron chi connectivity index (χ0n) is 13.5. The molecule has 0 aromatic heterocycles. The molecule has 1 fully saturated rings. The molecule has 1 aliphatic heterocycles. The van der Waals surface area contributed by atoms with Crippen LogP contribution in [0.1, 0.15) is 15.9 Å². The van der Waals surface area contributed by atoms with Crippen molar-refractivity contribution >= 4 is 47.0 Å². The third kappa shape index (κ3) is 4.80. The van der Waals surface area contributed by atoms with Crippen LogP contribution in [0.3, 0.4) is 0 Å². The first-order valence-electron chi connectivity index (χ1n) is 7.68. The second-order valence-electron chi connectivity index (χ2n) is 5.57. The third-order valence-corrected chi connectivity index (χ3v) is 5.01. The van der Waals surface area contributed by atoms with Gasteiger partial charge in [0.2, 0.25) is 0 Å². The normalized spacial score (nSPS) is 15.2. The average Bonchev–Trinajstić information content (AvgIpc) is 2.61. The van der Waals surface area contributed by atoms with Crippen LogP contribution in [0.5, 0.6) is 0 Å². The van der Waals surface area contributed by atoms with Crippen LogP contribution in [-0.2, 0) is 10.8 Å². The fourth-order valence-electron chi connectivity index (χ4n) is 2.30. The lowest BCUT2D eigenvalue weighted by molar-refractivity contribution is 0.0951. The molecule has 5 nitrogen and oxygen atoms in total. The first-order chi connectivity index (χ1) is 12.0. The highest BCUT2D eigenvalue weighted by molar-refractivity contribution is 7.92. The molecule has 0 radical (unpaired) electrons. The summed E-state index contributed by atoms with van der Waals surface area (Å²) in [4.78, 5) is 12.3. The summed E-state index contributed by atoms with van der Waals surface area (Å²) in [5, 5.41) is 5.77. The second kappa shape index (κ2) is 8.29. The third-order valence-electron chi connectivity index (χ3n) is 3.74. The summed E-state index contributed by atoms with van der Waals surface area (Å²) in [6.45, 7) is 2.01. The topological polar surface area (TPSA) is 44.8 Å². The Morgan fingerprint density at radius 2 is 1.96 bits per heavy atom. The van der Waals surface area contributed by atoms with Gasteiger partial charge in [-0.15, -0.1) is 0 Å². The van der Waals surface area contributed by atoms with Crippen molar-refractivity contribution in [1.29, 1.82) is 0 Å². The van der Waals surface area contributed by atoms with Gasteiger partial charge >= 0.3 is 0 Å². The van der Waals surface area contributed by atoms with Gasteiger partial charge in [-0.1, -0.05) is 29.3 Å². The minimum absolute atomic E-state index is 0.161.